The molecule has 1 aromatic carbocycles. The van der Waals surface area contributed by atoms with Gasteiger partial charge in [-0.15, -0.1) is 0 Å². The van der Waals surface area contributed by atoms with Crippen LogP contribution in [0.3, 0.4) is 0 Å². The summed E-state index contributed by atoms with van der Waals surface area (Å²) in [7, 11) is 1.61. The van der Waals surface area contributed by atoms with Gasteiger partial charge in [0.2, 0.25) is 0 Å². The highest BCUT2D eigenvalue weighted by molar-refractivity contribution is 6.03. The number of rotatable bonds is 7. The van der Waals surface area contributed by atoms with Gasteiger partial charge in [0.05, 0.1) is 19.0 Å². The van der Waals surface area contributed by atoms with Crippen LogP contribution >= 0.6 is 0 Å². The van der Waals surface area contributed by atoms with E-state index in [1.54, 1.807) is 31.4 Å². The summed E-state index contributed by atoms with van der Waals surface area (Å²) < 4.78 is 4.92. The van der Waals surface area contributed by atoms with Crippen LogP contribution in [0.25, 0.3) is 0 Å². The van der Waals surface area contributed by atoms with Crippen LogP contribution in [0, 0.1) is 0 Å². The maximum atomic E-state index is 12.1. The fraction of sp³-hybridized carbons (Fsp3) is 0.250. The molecule has 0 saturated heterocycles. The van der Waals surface area contributed by atoms with Gasteiger partial charge in [0.15, 0.2) is 5.78 Å². The van der Waals surface area contributed by atoms with Crippen molar-refractivity contribution in [2.75, 3.05) is 30.9 Å². The largest absolute Gasteiger partial charge is 0.383 e. The van der Waals surface area contributed by atoms with E-state index in [1.807, 2.05) is 0 Å². The van der Waals surface area contributed by atoms with Gasteiger partial charge in [-0.1, -0.05) is 12.1 Å². The standard InChI is InChI=1S/C16H18N4O3/c1-11(21)12-4-3-5-13(8-12)20-16(22)14-9-19-15(10-18-14)17-6-7-23-2/h3-5,8-10H,6-7H2,1-2H3,(H,17,19)(H,20,22). The zero-order valence-electron chi connectivity index (χ0n) is 13.0. The van der Waals surface area contributed by atoms with Gasteiger partial charge in [-0.05, 0) is 19.1 Å². The van der Waals surface area contributed by atoms with Crippen molar-refractivity contribution in [3.63, 3.8) is 0 Å². The van der Waals surface area contributed by atoms with E-state index in [4.69, 9.17) is 4.74 Å². The summed E-state index contributed by atoms with van der Waals surface area (Å²) in [5.74, 6) is 0.117. The first-order chi connectivity index (χ1) is 11.1. The number of anilines is 2. The number of ketones is 1. The smallest absolute Gasteiger partial charge is 0.275 e. The minimum atomic E-state index is -0.387. The van der Waals surface area contributed by atoms with Crippen molar-refractivity contribution in [1.82, 2.24) is 9.97 Å². The highest BCUT2D eigenvalue weighted by Crippen LogP contribution is 2.12. The summed E-state index contributed by atoms with van der Waals surface area (Å²) >= 11 is 0. The number of nitrogens with zero attached hydrogens (tertiary/aromatic N) is 2. The molecular weight excluding hydrogens is 296 g/mol. The van der Waals surface area contributed by atoms with Gasteiger partial charge in [0.1, 0.15) is 11.5 Å². The van der Waals surface area contributed by atoms with Gasteiger partial charge in [-0.25, -0.2) is 9.97 Å². The molecule has 2 rings (SSSR count). The van der Waals surface area contributed by atoms with Crippen LogP contribution in [-0.2, 0) is 4.74 Å². The van der Waals surface area contributed by atoms with E-state index >= 15 is 0 Å². The Morgan fingerprint density at radius 2 is 2.04 bits per heavy atom. The van der Waals surface area contributed by atoms with Gasteiger partial charge in [0, 0.05) is 24.9 Å². The second kappa shape index (κ2) is 8.00. The second-order valence-corrected chi connectivity index (χ2v) is 4.80. The average Bonchev–Trinajstić information content (AvgIpc) is 2.56. The Morgan fingerprint density at radius 3 is 2.70 bits per heavy atom. The highest BCUT2D eigenvalue weighted by atomic mass is 16.5. The maximum Gasteiger partial charge on any atom is 0.275 e. The molecule has 2 N–H and O–H groups in total. The van der Waals surface area contributed by atoms with Gasteiger partial charge < -0.3 is 15.4 Å². The zero-order chi connectivity index (χ0) is 16.7. The quantitative estimate of drug-likeness (QED) is 0.599. The molecule has 1 heterocycles. The molecule has 1 amide bonds. The monoisotopic (exact) mass is 314 g/mol. The summed E-state index contributed by atoms with van der Waals surface area (Å²) in [6.45, 7) is 2.63. The summed E-state index contributed by atoms with van der Waals surface area (Å²) in [6, 6.07) is 6.73. The fourth-order valence-corrected chi connectivity index (χ4v) is 1.83. The number of hydrogen-bond donors (Lipinski definition) is 2. The van der Waals surface area contributed by atoms with Crippen LogP contribution in [0.2, 0.25) is 0 Å². The minimum absolute atomic E-state index is 0.0626. The van der Waals surface area contributed by atoms with Gasteiger partial charge in [-0.2, -0.15) is 0 Å². The lowest BCUT2D eigenvalue weighted by Gasteiger charge is -2.07. The molecule has 23 heavy (non-hydrogen) atoms. The molecule has 0 radical (unpaired) electrons. The number of carbonyl (C=O) groups excluding carboxylic acids is 2. The van der Waals surface area contributed by atoms with Crippen molar-refractivity contribution in [1.29, 1.82) is 0 Å². The molecule has 7 nitrogen and oxygen atoms in total. The molecule has 120 valence electrons. The number of carbonyl (C=O) groups is 2. The van der Waals surface area contributed by atoms with Crippen molar-refractivity contribution in [3.8, 4) is 0 Å². The molecule has 2 aromatic rings. The number of hydrogen-bond acceptors (Lipinski definition) is 6. The Labute approximate surface area is 134 Å². The van der Waals surface area contributed by atoms with Crippen molar-refractivity contribution < 1.29 is 14.3 Å². The number of nitrogens with one attached hydrogen (secondary N) is 2. The SMILES string of the molecule is COCCNc1cnc(C(=O)Nc2cccc(C(C)=O)c2)cn1. The molecule has 0 aliphatic heterocycles. The number of aromatic nitrogens is 2. The van der Waals surface area contributed by atoms with E-state index in [9.17, 15) is 9.59 Å². The molecule has 0 atom stereocenters. The summed E-state index contributed by atoms with van der Waals surface area (Å²) in [4.78, 5) is 31.7. The minimum Gasteiger partial charge on any atom is -0.383 e. The third kappa shape index (κ3) is 4.86. The number of amides is 1. The Morgan fingerprint density at radius 1 is 1.22 bits per heavy atom. The van der Waals surface area contributed by atoms with Crippen molar-refractivity contribution in [2.45, 2.75) is 6.92 Å². The number of Topliss-reactive ketones (excluding diaryl/α,β-unsaturated/α-hetero) is 1. The third-order valence-corrected chi connectivity index (χ3v) is 3.02. The number of benzene rings is 1. The van der Waals surface area contributed by atoms with Gasteiger partial charge >= 0.3 is 0 Å². The predicted octanol–water partition coefficient (Wildman–Crippen LogP) is 1.99. The third-order valence-electron chi connectivity index (χ3n) is 3.02. The van der Waals surface area contributed by atoms with Crippen molar-refractivity contribution in [2.24, 2.45) is 0 Å². The first-order valence-corrected chi connectivity index (χ1v) is 7.07. The van der Waals surface area contributed by atoms with E-state index in [1.165, 1.54) is 19.3 Å². The fourth-order valence-electron chi connectivity index (χ4n) is 1.83. The normalized spacial score (nSPS) is 10.2. The van der Waals surface area contributed by atoms with Gasteiger partial charge in [-0.3, -0.25) is 9.59 Å². The van der Waals surface area contributed by atoms with Gasteiger partial charge in [0.25, 0.3) is 5.91 Å². The Balaban J connectivity index is 2.00. The number of ether oxygens (including phenoxy) is 1. The molecule has 7 heteroatoms. The van der Waals surface area contributed by atoms with E-state index in [0.29, 0.717) is 30.2 Å². The second-order valence-electron chi connectivity index (χ2n) is 4.80. The van der Waals surface area contributed by atoms with E-state index in [0.717, 1.165) is 0 Å². The number of methoxy groups -OCH3 is 1. The van der Waals surface area contributed by atoms with E-state index in [2.05, 4.69) is 20.6 Å². The topological polar surface area (TPSA) is 93.2 Å². The van der Waals surface area contributed by atoms with E-state index < -0.39 is 0 Å². The molecule has 0 saturated carbocycles. The molecule has 0 spiro atoms. The molecule has 0 aliphatic carbocycles. The summed E-state index contributed by atoms with van der Waals surface area (Å²) in [5, 5.41) is 5.70. The summed E-state index contributed by atoms with van der Waals surface area (Å²) in [6.07, 6.45) is 2.87. The van der Waals surface area contributed by atoms with Crippen molar-refractivity contribution in [3.05, 3.63) is 47.9 Å². The average molecular weight is 314 g/mol. The molecule has 0 fully saturated rings. The van der Waals surface area contributed by atoms with Crippen LogP contribution in [-0.4, -0.2) is 41.9 Å². The van der Waals surface area contributed by atoms with Crippen molar-refractivity contribution >= 4 is 23.2 Å². The molecule has 0 aliphatic rings. The first-order valence-electron chi connectivity index (χ1n) is 7.07. The Bertz CT molecular complexity index is 686. The first kappa shape index (κ1) is 16.6. The van der Waals surface area contributed by atoms with E-state index in [-0.39, 0.29) is 17.4 Å². The van der Waals surface area contributed by atoms with Crippen LogP contribution < -0.4 is 10.6 Å². The molecule has 0 unspecified atom stereocenters. The molecule has 0 bridgehead atoms. The molecular formula is C16H18N4O3. The highest BCUT2D eigenvalue weighted by Gasteiger charge is 2.09. The van der Waals surface area contributed by atoms with Crippen LogP contribution in [0.1, 0.15) is 27.8 Å². The van der Waals surface area contributed by atoms with Crippen LogP contribution in [0.4, 0.5) is 11.5 Å². The lowest BCUT2D eigenvalue weighted by atomic mass is 10.1. The lowest BCUT2D eigenvalue weighted by Crippen LogP contribution is -2.15. The Kier molecular flexibility index (Phi) is 5.76. The molecule has 1 aromatic heterocycles. The summed E-state index contributed by atoms with van der Waals surface area (Å²) in [5.41, 5.74) is 1.26. The van der Waals surface area contributed by atoms with Crippen LogP contribution in [0.5, 0.6) is 0 Å². The predicted molar refractivity (Wildman–Crippen MR) is 86.8 cm³/mol. The maximum absolute atomic E-state index is 12.1. The lowest BCUT2D eigenvalue weighted by molar-refractivity contribution is 0.100. The van der Waals surface area contributed by atoms with Crippen LogP contribution in [0.15, 0.2) is 36.7 Å². The Hall–Kier alpha value is -2.80. The zero-order valence-corrected chi connectivity index (χ0v) is 13.0.